The van der Waals surface area contributed by atoms with Gasteiger partial charge in [-0.25, -0.2) is 0 Å². The van der Waals surface area contributed by atoms with Crippen molar-refractivity contribution in [1.29, 1.82) is 0 Å². The lowest BCUT2D eigenvalue weighted by Crippen LogP contribution is -2.30. The molecule has 10 heavy (non-hydrogen) atoms. The third-order valence-electron chi connectivity index (χ3n) is 1.93. The molecule has 0 spiro atoms. The molecule has 1 heterocycles. The Labute approximate surface area is 64.4 Å². The Kier molecular flexibility index (Phi) is 2.86. The molecule has 0 aromatic carbocycles. The summed E-state index contributed by atoms with van der Waals surface area (Å²) in [4.78, 5) is 0. The van der Waals surface area contributed by atoms with Crippen molar-refractivity contribution in [2.75, 3.05) is 12.9 Å². The number of hydrogen-bond acceptors (Lipinski definition) is 2. The van der Waals surface area contributed by atoms with Crippen molar-refractivity contribution in [1.82, 2.24) is 0 Å². The van der Waals surface area contributed by atoms with Crippen LogP contribution in [0.15, 0.2) is 0 Å². The molecule has 0 radical (unpaired) electrons. The lowest BCUT2D eigenvalue weighted by atomic mass is 10.1. The van der Waals surface area contributed by atoms with E-state index in [1.54, 1.807) is 6.26 Å². The number of rotatable bonds is 1. The Hall–Kier alpha value is 0.110. The van der Waals surface area contributed by atoms with E-state index >= 15 is 0 Å². The maximum Gasteiger partial charge on any atom is 0.0613 e. The van der Waals surface area contributed by atoms with Crippen LogP contribution in [0.25, 0.3) is 0 Å². The summed E-state index contributed by atoms with van der Waals surface area (Å²) in [6, 6.07) is 0. The molecule has 3 atom stereocenters. The van der Waals surface area contributed by atoms with E-state index in [9.17, 15) is 4.21 Å². The summed E-state index contributed by atoms with van der Waals surface area (Å²) < 4.78 is 16.3. The summed E-state index contributed by atoms with van der Waals surface area (Å²) in [6.45, 7) is 2.75. The summed E-state index contributed by atoms with van der Waals surface area (Å²) >= 11 is 0. The Morgan fingerprint density at radius 2 is 2.20 bits per heavy atom. The third-order valence-corrected chi connectivity index (χ3v) is 3.24. The van der Waals surface area contributed by atoms with Crippen LogP contribution < -0.4 is 0 Å². The molecule has 3 heteroatoms. The molecule has 1 saturated heterocycles. The molecular formula is C7H14O2S. The van der Waals surface area contributed by atoms with Crippen LogP contribution in [-0.2, 0) is 15.5 Å². The van der Waals surface area contributed by atoms with Gasteiger partial charge in [0, 0.05) is 17.1 Å². The van der Waals surface area contributed by atoms with E-state index in [1.807, 2.05) is 0 Å². The summed E-state index contributed by atoms with van der Waals surface area (Å²) in [6.07, 6.45) is 4.25. The van der Waals surface area contributed by atoms with Gasteiger partial charge in [-0.05, 0) is 19.8 Å². The highest BCUT2D eigenvalue weighted by atomic mass is 32.2. The van der Waals surface area contributed by atoms with E-state index in [4.69, 9.17) is 4.74 Å². The molecule has 0 bridgehead atoms. The van der Waals surface area contributed by atoms with Crippen LogP contribution in [0.3, 0.4) is 0 Å². The van der Waals surface area contributed by atoms with E-state index in [0.29, 0.717) is 12.7 Å². The molecule has 0 amide bonds. The predicted octanol–water partition coefficient (Wildman–Crippen LogP) is 0.932. The number of ether oxygens (including phenoxy) is 1. The normalized spacial score (nSPS) is 37.4. The van der Waals surface area contributed by atoms with Gasteiger partial charge >= 0.3 is 0 Å². The highest BCUT2D eigenvalue weighted by Crippen LogP contribution is 2.15. The molecular weight excluding hydrogens is 148 g/mol. The van der Waals surface area contributed by atoms with Gasteiger partial charge in [0.25, 0.3) is 0 Å². The van der Waals surface area contributed by atoms with Gasteiger partial charge in [0.15, 0.2) is 0 Å². The van der Waals surface area contributed by atoms with Crippen molar-refractivity contribution in [3.8, 4) is 0 Å². The first-order valence-electron chi connectivity index (χ1n) is 3.64. The molecule has 1 aliphatic heterocycles. The smallest absolute Gasteiger partial charge is 0.0613 e. The van der Waals surface area contributed by atoms with E-state index in [0.717, 1.165) is 12.8 Å². The standard InChI is InChI=1S/C7H14O2S/c1-6-3-4-7(5-9-6)10(2)8/h6-7H,3-5H2,1-2H3/t6-,7+,10-/m1/s1. The van der Waals surface area contributed by atoms with Crippen LogP contribution in [0, 0.1) is 0 Å². The van der Waals surface area contributed by atoms with Gasteiger partial charge in [0.1, 0.15) is 0 Å². The second-order valence-corrected chi connectivity index (χ2v) is 4.51. The van der Waals surface area contributed by atoms with Gasteiger partial charge in [-0.2, -0.15) is 0 Å². The molecule has 0 saturated carbocycles. The monoisotopic (exact) mass is 162 g/mol. The van der Waals surface area contributed by atoms with E-state index in [-0.39, 0.29) is 5.25 Å². The minimum atomic E-state index is -0.692. The van der Waals surface area contributed by atoms with Crippen molar-refractivity contribution < 1.29 is 8.95 Å². The molecule has 0 aliphatic carbocycles. The zero-order chi connectivity index (χ0) is 7.56. The molecule has 1 fully saturated rings. The molecule has 60 valence electrons. The zero-order valence-electron chi connectivity index (χ0n) is 6.50. The van der Waals surface area contributed by atoms with Crippen LogP contribution in [0.1, 0.15) is 19.8 Å². The van der Waals surface area contributed by atoms with Crippen molar-refractivity contribution >= 4 is 10.8 Å². The Morgan fingerprint density at radius 1 is 1.50 bits per heavy atom. The van der Waals surface area contributed by atoms with Crippen molar-refractivity contribution in [2.45, 2.75) is 31.1 Å². The minimum Gasteiger partial charge on any atom is -0.377 e. The maximum absolute atomic E-state index is 10.9. The average molecular weight is 162 g/mol. The van der Waals surface area contributed by atoms with Crippen molar-refractivity contribution in [2.24, 2.45) is 0 Å². The SMILES string of the molecule is C[C@@H]1CC[C@H]([S@@](C)=O)CO1. The summed E-state index contributed by atoms with van der Waals surface area (Å²) in [5.74, 6) is 0. The molecule has 2 nitrogen and oxygen atoms in total. The first-order valence-corrected chi connectivity index (χ1v) is 5.26. The summed E-state index contributed by atoms with van der Waals surface area (Å²) in [5.41, 5.74) is 0. The first-order chi connectivity index (χ1) is 4.70. The van der Waals surface area contributed by atoms with Crippen molar-refractivity contribution in [3.05, 3.63) is 0 Å². The highest BCUT2D eigenvalue weighted by Gasteiger charge is 2.20. The molecule has 0 N–H and O–H groups in total. The van der Waals surface area contributed by atoms with Gasteiger partial charge < -0.3 is 4.74 Å². The Morgan fingerprint density at radius 3 is 2.60 bits per heavy atom. The lowest BCUT2D eigenvalue weighted by Gasteiger charge is -2.24. The van der Waals surface area contributed by atoms with Crippen LogP contribution in [0.4, 0.5) is 0 Å². The fraction of sp³-hybridized carbons (Fsp3) is 1.00. The molecule has 0 unspecified atom stereocenters. The summed E-state index contributed by atoms with van der Waals surface area (Å²) in [5, 5.41) is 0.288. The van der Waals surface area contributed by atoms with E-state index in [2.05, 4.69) is 6.92 Å². The minimum absolute atomic E-state index is 0.288. The van der Waals surface area contributed by atoms with Gasteiger partial charge in [0.2, 0.25) is 0 Å². The predicted molar refractivity (Wildman–Crippen MR) is 42.5 cm³/mol. The van der Waals surface area contributed by atoms with E-state index < -0.39 is 10.8 Å². The van der Waals surface area contributed by atoms with Gasteiger partial charge in [0.05, 0.1) is 18.0 Å². The van der Waals surface area contributed by atoms with Crippen LogP contribution in [0.5, 0.6) is 0 Å². The van der Waals surface area contributed by atoms with Crippen LogP contribution >= 0.6 is 0 Å². The Bertz CT molecular complexity index is 128. The van der Waals surface area contributed by atoms with Crippen LogP contribution in [-0.4, -0.2) is 28.4 Å². The number of hydrogen-bond donors (Lipinski definition) is 0. The second kappa shape index (κ2) is 3.49. The molecule has 0 aromatic heterocycles. The molecule has 1 aliphatic rings. The second-order valence-electron chi connectivity index (χ2n) is 2.84. The topological polar surface area (TPSA) is 26.3 Å². The molecule has 0 aromatic rings. The van der Waals surface area contributed by atoms with Crippen LogP contribution in [0.2, 0.25) is 0 Å². The van der Waals surface area contributed by atoms with E-state index in [1.165, 1.54) is 0 Å². The highest BCUT2D eigenvalue weighted by molar-refractivity contribution is 7.84. The Balaban J connectivity index is 2.33. The fourth-order valence-corrected chi connectivity index (χ4v) is 1.86. The van der Waals surface area contributed by atoms with Gasteiger partial charge in [-0.3, -0.25) is 4.21 Å². The first kappa shape index (κ1) is 8.21. The quantitative estimate of drug-likeness (QED) is 0.573. The lowest BCUT2D eigenvalue weighted by molar-refractivity contribution is 0.0316. The third kappa shape index (κ3) is 2.06. The average Bonchev–Trinajstić information content (AvgIpc) is 1.88. The van der Waals surface area contributed by atoms with Gasteiger partial charge in [-0.1, -0.05) is 0 Å². The largest absolute Gasteiger partial charge is 0.377 e. The fourth-order valence-electron chi connectivity index (χ4n) is 1.12. The van der Waals surface area contributed by atoms with Crippen molar-refractivity contribution in [3.63, 3.8) is 0 Å². The van der Waals surface area contributed by atoms with Gasteiger partial charge in [-0.15, -0.1) is 0 Å². The zero-order valence-corrected chi connectivity index (χ0v) is 7.32. The molecule has 1 rings (SSSR count). The summed E-state index contributed by atoms with van der Waals surface area (Å²) in [7, 11) is -0.692. The maximum atomic E-state index is 10.9.